The second-order valence-electron chi connectivity index (χ2n) is 6.17. The maximum absolute atomic E-state index is 12.6. The molecule has 0 aliphatic carbocycles. The molecular weight excluding hydrogens is 270 g/mol. The fourth-order valence-electron chi connectivity index (χ4n) is 3.18. The number of hydrogen-bond acceptors (Lipinski definition) is 1. The van der Waals surface area contributed by atoms with Gasteiger partial charge in [0.1, 0.15) is 0 Å². The van der Waals surface area contributed by atoms with Gasteiger partial charge in [-0.2, -0.15) is 0 Å². The summed E-state index contributed by atoms with van der Waals surface area (Å²) in [5.74, 6) is 0.432. The fourth-order valence-corrected chi connectivity index (χ4v) is 3.18. The Kier molecular flexibility index (Phi) is 4.57. The van der Waals surface area contributed by atoms with Gasteiger partial charge >= 0.3 is 0 Å². The van der Waals surface area contributed by atoms with Crippen molar-refractivity contribution in [1.29, 1.82) is 0 Å². The molecule has 2 heteroatoms. The van der Waals surface area contributed by atoms with Gasteiger partial charge in [0.15, 0.2) is 0 Å². The van der Waals surface area contributed by atoms with E-state index in [0.717, 1.165) is 25.9 Å². The Morgan fingerprint density at radius 2 is 1.55 bits per heavy atom. The molecule has 0 radical (unpaired) electrons. The molecule has 1 atom stereocenters. The summed E-state index contributed by atoms with van der Waals surface area (Å²) in [4.78, 5) is 14.6. The van der Waals surface area contributed by atoms with Crippen LogP contribution in [0.3, 0.4) is 0 Å². The van der Waals surface area contributed by atoms with Crippen LogP contribution in [0.1, 0.15) is 41.9 Å². The zero-order valence-electron chi connectivity index (χ0n) is 13.2. The zero-order chi connectivity index (χ0) is 15.4. The number of benzene rings is 2. The number of rotatable bonds is 4. The summed E-state index contributed by atoms with van der Waals surface area (Å²) >= 11 is 0. The molecule has 0 aromatic heterocycles. The minimum absolute atomic E-state index is 0.148. The van der Waals surface area contributed by atoms with Gasteiger partial charge < -0.3 is 4.90 Å². The normalized spacial score (nSPS) is 15.8. The number of nitrogens with zero attached hydrogens (tertiary/aromatic N) is 1. The summed E-state index contributed by atoms with van der Waals surface area (Å²) in [6.45, 7) is 3.94. The third-order valence-electron chi connectivity index (χ3n) is 4.52. The lowest BCUT2D eigenvalue weighted by Gasteiger charge is -2.22. The Morgan fingerprint density at radius 1 is 0.955 bits per heavy atom. The van der Waals surface area contributed by atoms with Crippen molar-refractivity contribution in [2.75, 3.05) is 13.1 Å². The van der Waals surface area contributed by atoms with Gasteiger partial charge in [-0.15, -0.1) is 0 Å². The van der Waals surface area contributed by atoms with Crippen molar-refractivity contribution < 1.29 is 4.79 Å². The summed E-state index contributed by atoms with van der Waals surface area (Å²) < 4.78 is 0. The van der Waals surface area contributed by atoms with Crippen LogP contribution in [0.4, 0.5) is 0 Å². The van der Waals surface area contributed by atoms with Crippen LogP contribution >= 0.6 is 0 Å². The Bertz CT molecular complexity index is 612. The molecule has 1 amide bonds. The number of amides is 1. The largest absolute Gasteiger partial charge is 0.343 e. The first-order chi connectivity index (χ1) is 10.7. The summed E-state index contributed by atoms with van der Waals surface area (Å²) in [5.41, 5.74) is 3.70. The van der Waals surface area contributed by atoms with Crippen molar-refractivity contribution in [2.24, 2.45) is 0 Å². The number of likely N-dealkylation sites (tertiary alicyclic amines) is 1. The molecule has 114 valence electrons. The highest BCUT2D eigenvalue weighted by atomic mass is 16.2. The molecule has 0 N–H and O–H groups in total. The van der Waals surface area contributed by atoms with E-state index < -0.39 is 0 Å². The summed E-state index contributed by atoms with van der Waals surface area (Å²) in [5, 5.41) is 0. The number of hydrogen-bond donors (Lipinski definition) is 0. The first-order valence-electron chi connectivity index (χ1n) is 8.13. The topological polar surface area (TPSA) is 20.3 Å². The smallest absolute Gasteiger partial charge is 0.223 e. The van der Waals surface area contributed by atoms with Gasteiger partial charge in [0.25, 0.3) is 0 Å². The van der Waals surface area contributed by atoms with Crippen LogP contribution in [-0.4, -0.2) is 23.9 Å². The predicted octanol–water partition coefficient (Wildman–Crippen LogP) is 4.14. The maximum Gasteiger partial charge on any atom is 0.223 e. The van der Waals surface area contributed by atoms with Crippen LogP contribution in [-0.2, 0) is 4.79 Å². The third-order valence-corrected chi connectivity index (χ3v) is 4.52. The molecule has 1 aliphatic heterocycles. The van der Waals surface area contributed by atoms with Crippen molar-refractivity contribution in [2.45, 2.75) is 32.1 Å². The van der Waals surface area contributed by atoms with E-state index in [0.29, 0.717) is 6.42 Å². The molecule has 2 nitrogen and oxygen atoms in total. The van der Waals surface area contributed by atoms with E-state index in [1.165, 1.54) is 16.7 Å². The summed E-state index contributed by atoms with van der Waals surface area (Å²) in [6.07, 6.45) is 2.85. The molecule has 2 aromatic rings. The van der Waals surface area contributed by atoms with Crippen molar-refractivity contribution in [3.05, 3.63) is 71.3 Å². The highest BCUT2D eigenvalue weighted by molar-refractivity contribution is 5.78. The van der Waals surface area contributed by atoms with Gasteiger partial charge in [-0.25, -0.2) is 0 Å². The highest BCUT2D eigenvalue weighted by Crippen LogP contribution is 2.29. The van der Waals surface area contributed by atoms with Gasteiger partial charge in [-0.3, -0.25) is 4.79 Å². The van der Waals surface area contributed by atoms with Gasteiger partial charge in [0.05, 0.1) is 0 Å². The lowest BCUT2D eigenvalue weighted by Crippen LogP contribution is -2.29. The first-order valence-corrected chi connectivity index (χ1v) is 8.13. The Balaban J connectivity index is 1.86. The Labute approximate surface area is 132 Å². The molecule has 1 heterocycles. The second kappa shape index (κ2) is 6.78. The summed E-state index contributed by atoms with van der Waals surface area (Å²) in [7, 11) is 0. The molecule has 1 unspecified atom stereocenters. The quantitative estimate of drug-likeness (QED) is 0.829. The molecule has 3 rings (SSSR count). The van der Waals surface area contributed by atoms with Crippen LogP contribution in [0.25, 0.3) is 0 Å². The summed E-state index contributed by atoms with van der Waals surface area (Å²) in [6, 6.07) is 19.0. The molecule has 0 saturated carbocycles. The van der Waals surface area contributed by atoms with E-state index >= 15 is 0 Å². The van der Waals surface area contributed by atoms with Crippen molar-refractivity contribution in [3.63, 3.8) is 0 Å². The SMILES string of the molecule is Cc1ccc(C(CC(=O)N2CCCC2)c2ccccc2)cc1. The van der Waals surface area contributed by atoms with Gasteiger partial charge in [0, 0.05) is 25.4 Å². The van der Waals surface area contributed by atoms with E-state index in [-0.39, 0.29) is 11.8 Å². The van der Waals surface area contributed by atoms with Crippen LogP contribution in [0, 0.1) is 6.92 Å². The highest BCUT2D eigenvalue weighted by Gasteiger charge is 2.23. The second-order valence-corrected chi connectivity index (χ2v) is 6.17. The van der Waals surface area contributed by atoms with E-state index in [1.54, 1.807) is 0 Å². The lowest BCUT2D eigenvalue weighted by atomic mass is 9.88. The lowest BCUT2D eigenvalue weighted by molar-refractivity contribution is -0.130. The van der Waals surface area contributed by atoms with Crippen molar-refractivity contribution in [1.82, 2.24) is 4.90 Å². The average Bonchev–Trinajstić information content (AvgIpc) is 3.09. The van der Waals surface area contributed by atoms with Crippen LogP contribution in [0.2, 0.25) is 0 Å². The van der Waals surface area contributed by atoms with E-state index in [1.807, 2.05) is 11.0 Å². The number of carbonyl (C=O) groups is 1. The maximum atomic E-state index is 12.6. The number of aryl methyl sites for hydroxylation is 1. The molecule has 1 fully saturated rings. The minimum Gasteiger partial charge on any atom is -0.343 e. The fraction of sp³-hybridized carbons (Fsp3) is 0.350. The molecule has 0 spiro atoms. The standard InChI is InChI=1S/C20H23NO/c1-16-9-11-18(12-10-16)19(17-7-3-2-4-8-17)15-20(22)21-13-5-6-14-21/h2-4,7-12,19H,5-6,13-15H2,1H3. The first kappa shape index (κ1) is 14.8. The molecule has 22 heavy (non-hydrogen) atoms. The van der Waals surface area contributed by atoms with Gasteiger partial charge in [-0.1, -0.05) is 60.2 Å². The van der Waals surface area contributed by atoms with Crippen LogP contribution in [0.15, 0.2) is 54.6 Å². The van der Waals surface area contributed by atoms with Gasteiger partial charge in [-0.05, 0) is 30.9 Å². The molecule has 1 saturated heterocycles. The average molecular weight is 293 g/mol. The van der Waals surface area contributed by atoms with Crippen LogP contribution < -0.4 is 0 Å². The van der Waals surface area contributed by atoms with Gasteiger partial charge in [0.2, 0.25) is 5.91 Å². The monoisotopic (exact) mass is 293 g/mol. The number of carbonyl (C=O) groups excluding carboxylic acids is 1. The molecular formula is C20H23NO. The van der Waals surface area contributed by atoms with Crippen molar-refractivity contribution in [3.8, 4) is 0 Å². The Morgan fingerprint density at radius 3 is 2.18 bits per heavy atom. The van der Waals surface area contributed by atoms with E-state index in [4.69, 9.17) is 0 Å². The van der Waals surface area contributed by atoms with E-state index in [2.05, 4.69) is 55.5 Å². The molecule has 0 bridgehead atoms. The zero-order valence-corrected chi connectivity index (χ0v) is 13.2. The van der Waals surface area contributed by atoms with E-state index in [9.17, 15) is 4.79 Å². The minimum atomic E-state index is 0.148. The molecule has 1 aliphatic rings. The molecule has 2 aromatic carbocycles. The Hall–Kier alpha value is -2.09. The van der Waals surface area contributed by atoms with Crippen molar-refractivity contribution >= 4 is 5.91 Å². The third kappa shape index (κ3) is 3.38. The van der Waals surface area contributed by atoms with Crippen LogP contribution in [0.5, 0.6) is 0 Å². The predicted molar refractivity (Wildman–Crippen MR) is 89.9 cm³/mol.